The van der Waals surface area contributed by atoms with Gasteiger partial charge in [-0.05, 0) is 12.8 Å². The van der Waals surface area contributed by atoms with Crippen molar-refractivity contribution in [2.45, 2.75) is 53.6 Å². The minimum atomic E-state index is 0. The van der Waals surface area contributed by atoms with Crippen LogP contribution in [0, 0.1) is 13.8 Å². The molecule has 4 heteroatoms. The molecule has 0 spiro atoms. The maximum absolute atomic E-state index is 2.27. The Morgan fingerprint density at radius 1 is 0.700 bits per heavy atom. The Balaban J connectivity index is 0. The zero-order valence-corrected chi connectivity index (χ0v) is 23.0. The molecule has 4 rings (SSSR count). The molecule has 4 aromatic carbocycles. The maximum Gasteiger partial charge on any atom is 4.00 e. The Morgan fingerprint density at radius 3 is 1.33 bits per heavy atom. The monoisotopic (exact) mass is 490 g/mol. The average molecular weight is 491 g/mol. The van der Waals surface area contributed by atoms with Crippen LogP contribution in [0.15, 0.2) is 60.7 Å². The smallest absolute Gasteiger partial charge is 1.00 e. The minimum Gasteiger partial charge on any atom is -1.00 e. The molecular weight excluding hydrogens is 459 g/mol. The van der Waals surface area contributed by atoms with E-state index in [9.17, 15) is 0 Å². The summed E-state index contributed by atoms with van der Waals surface area (Å²) in [6.45, 7) is 13.0. The zero-order valence-electron chi connectivity index (χ0n) is 18.9. The molecule has 0 nitrogen and oxygen atoms in total. The summed E-state index contributed by atoms with van der Waals surface area (Å²) in [4.78, 5) is 0. The van der Waals surface area contributed by atoms with Gasteiger partial charge in [0.1, 0.15) is 0 Å². The van der Waals surface area contributed by atoms with Crippen molar-refractivity contribution in [1.29, 1.82) is 0 Å². The summed E-state index contributed by atoms with van der Waals surface area (Å²) in [5, 5.41) is 5.62. The van der Waals surface area contributed by atoms with E-state index in [1.807, 2.05) is 0 Å². The fourth-order valence-electron chi connectivity index (χ4n) is 3.52. The number of fused-ring (bicyclic) bond motifs is 2. The quantitative estimate of drug-likeness (QED) is 0.296. The van der Waals surface area contributed by atoms with Gasteiger partial charge in [-0.3, -0.25) is 0 Å². The van der Waals surface area contributed by atoms with Gasteiger partial charge < -0.3 is 24.8 Å². The van der Waals surface area contributed by atoms with Crippen molar-refractivity contribution in [1.82, 2.24) is 0 Å². The van der Waals surface area contributed by atoms with Crippen molar-refractivity contribution >= 4 is 31.1 Å². The number of hydrogen-bond donors (Lipinski definition) is 0. The molecule has 158 valence electrons. The second-order valence-electron chi connectivity index (χ2n) is 7.11. The molecule has 0 aromatic heterocycles. The fraction of sp³-hybridized carbons (Fsp3) is 0.308. The molecule has 0 fully saturated rings. The van der Waals surface area contributed by atoms with Crippen LogP contribution in [-0.4, -0.2) is 9.52 Å². The molecule has 2 radical (unpaired) electrons. The number of aryl methyl sites for hydroxylation is 4. The van der Waals surface area contributed by atoms with Crippen molar-refractivity contribution < 1.29 is 46.5 Å². The number of halogens is 2. The Labute approximate surface area is 213 Å². The van der Waals surface area contributed by atoms with Crippen LogP contribution in [0.5, 0.6) is 0 Å². The van der Waals surface area contributed by atoms with Crippen molar-refractivity contribution in [3.8, 4) is 0 Å². The summed E-state index contributed by atoms with van der Waals surface area (Å²) >= 11 is 0. The molecule has 30 heavy (non-hydrogen) atoms. The summed E-state index contributed by atoms with van der Waals surface area (Å²) in [6.07, 6.45) is 2.25. The van der Waals surface area contributed by atoms with Crippen LogP contribution < -0.4 is 24.8 Å². The molecule has 4 aromatic rings. The van der Waals surface area contributed by atoms with Crippen LogP contribution in [0.2, 0.25) is 13.1 Å². The van der Waals surface area contributed by atoms with Gasteiger partial charge in [-0.15, -0.1) is 69.1 Å². The van der Waals surface area contributed by atoms with Gasteiger partial charge in [0.25, 0.3) is 0 Å². The second kappa shape index (κ2) is 15.9. The van der Waals surface area contributed by atoms with Gasteiger partial charge in [0.15, 0.2) is 0 Å². The molecule has 0 unspecified atom stereocenters. The van der Waals surface area contributed by atoms with E-state index in [-0.39, 0.29) is 46.5 Å². The SMILES string of the molecule is CCc1cccc2[cH-]c(C)cc12.CCc1cccc2[cH-]c(C)cc12.C[Si]C.[Cl-].[Cl-].[Ti+4]. The molecule has 0 N–H and O–H groups in total. The molecule has 0 heterocycles. The van der Waals surface area contributed by atoms with Crippen LogP contribution in [0.25, 0.3) is 21.5 Å². The van der Waals surface area contributed by atoms with E-state index in [0.29, 0.717) is 0 Å². The van der Waals surface area contributed by atoms with Crippen molar-refractivity contribution in [3.05, 3.63) is 82.9 Å². The molecular formula is C26H32Cl2SiTi. The summed E-state index contributed by atoms with van der Waals surface area (Å²) in [5.41, 5.74) is 5.65. The Hall–Kier alpha value is -0.829. The van der Waals surface area contributed by atoms with Crippen LogP contribution in [0.3, 0.4) is 0 Å². The second-order valence-corrected chi connectivity index (χ2v) is 8.11. The number of hydrogen-bond acceptors (Lipinski definition) is 0. The van der Waals surface area contributed by atoms with Gasteiger partial charge in [-0.1, -0.05) is 64.0 Å². The van der Waals surface area contributed by atoms with Crippen LogP contribution in [0.1, 0.15) is 36.1 Å². The molecule has 0 amide bonds. The first-order valence-corrected chi connectivity index (χ1v) is 11.9. The molecule has 0 atom stereocenters. The molecule has 0 bridgehead atoms. The normalized spacial score (nSPS) is 9.27. The number of benzene rings is 2. The van der Waals surface area contributed by atoms with Crippen LogP contribution in [0.4, 0.5) is 0 Å². The zero-order chi connectivity index (χ0) is 19.8. The van der Waals surface area contributed by atoms with Crippen LogP contribution in [-0.2, 0) is 34.6 Å². The third-order valence-electron chi connectivity index (χ3n) is 4.73. The largest absolute Gasteiger partial charge is 4.00 e. The van der Waals surface area contributed by atoms with E-state index in [2.05, 4.69) is 101 Å². The van der Waals surface area contributed by atoms with Gasteiger partial charge >= 0.3 is 21.7 Å². The molecule has 0 saturated heterocycles. The first-order chi connectivity index (χ1) is 13.0. The molecule has 0 aliphatic carbocycles. The molecule has 0 aliphatic rings. The summed E-state index contributed by atoms with van der Waals surface area (Å²) in [5.74, 6) is 0. The third kappa shape index (κ3) is 8.36. The Morgan fingerprint density at radius 2 is 1.03 bits per heavy atom. The minimum absolute atomic E-state index is 0. The molecule has 0 aliphatic heterocycles. The molecule has 0 saturated carbocycles. The maximum atomic E-state index is 2.27. The van der Waals surface area contributed by atoms with E-state index in [1.54, 1.807) is 0 Å². The van der Waals surface area contributed by atoms with Gasteiger partial charge in [0.05, 0.1) is 0 Å². The van der Waals surface area contributed by atoms with Gasteiger partial charge in [0.2, 0.25) is 0 Å². The summed E-state index contributed by atoms with van der Waals surface area (Å²) in [7, 11) is 1.08. The van der Waals surface area contributed by atoms with E-state index < -0.39 is 0 Å². The van der Waals surface area contributed by atoms with E-state index >= 15 is 0 Å². The standard InChI is InChI=1S/2C12H13.C2H6Si.2ClH.Ti/c2*1-3-10-5-4-6-11-7-9(2)8-12(10)11;1-3-2;;;/h2*4-8H,3H2,1-2H3;1-2H3;2*1H;/q2*-1;;;;+4/p-2. The predicted molar refractivity (Wildman–Crippen MR) is 125 cm³/mol. The summed E-state index contributed by atoms with van der Waals surface area (Å²) < 4.78 is 0. The average Bonchev–Trinajstić information content (AvgIpc) is 3.22. The van der Waals surface area contributed by atoms with Gasteiger partial charge in [-0.25, -0.2) is 0 Å². The summed E-state index contributed by atoms with van der Waals surface area (Å²) in [6, 6.07) is 22.1. The first kappa shape index (κ1) is 31.4. The van der Waals surface area contributed by atoms with Crippen molar-refractivity contribution in [2.24, 2.45) is 0 Å². The fourth-order valence-corrected chi connectivity index (χ4v) is 3.52. The van der Waals surface area contributed by atoms with Gasteiger partial charge in [0, 0.05) is 9.52 Å². The Bertz CT molecular complexity index is 905. The number of rotatable bonds is 2. The van der Waals surface area contributed by atoms with E-state index in [0.717, 1.165) is 22.4 Å². The third-order valence-corrected chi connectivity index (χ3v) is 4.73. The van der Waals surface area contributed by atoms with Crippen molar-refractivity contribution in [2.75, 3.05) is 0 Å². The predicted octanol–water partition coefficient (Wildman–Crippen LogP) is 1.65. The van der Waals surface area contributed by atoms with Crippen molar-refractivity contribution in [3.63, 3.8) is 0 Å². The first-order valence-electron chi connectivity index (χ1n) is 9.92. The van der Waals surface area contributed by atoms with E-state index in [4.69, 9.17) is 0 Å². The van der Waals surface area contributed by atoms with E-state index in [1.165, 1.54) is 43.8 Å². The van der Waals surface area contributed by atoms with Crippen LogP contribution >= 0.6 is 0 Å². The Kier molecular flexibility index (Phi) is 16.6. The topological polar surface area (TPSA) is 0 Å². The van der Waals surface area contributed by atoms with Gasteiger partial charge in [-0.2, -0.15) is 12.1 Å².